The number of amides is 1. The first-order chi connectivity index (χ1) is 13.5. The number of halogens is 1. The Morgan fingerprint density at radius 1 is 1.29 bits per heavy atom. The molecule has 1 aromatic heterocycles. The molecule has 3 aromatic rings. The van der Waals surface area contributed by atoms with Crippen molar-refractivity contribution in [3.63, 3.8) is 0 Å². The molecule has 0 bridgehead atoms. The number of phenolic OH excluding ortho intramolecular Hbond substituents is 1. The van der Waals surface area contributed by atoms with Crippen molar-refractivity contribution in [1.82, 2.24) is 10.3 Å². The summed E-state index contributed by atoms with van der Waals surface area (Å²) in [6.07, 6.45) is 2.60. The monoisotopic (exact) mass is 393 g/mol. The molecule has 28 heavy (non-hydrogen) atoms. The molecule has 7 heteroatoms. The summed E-state index contributed by atoms with van der Waals surface area (Å²) in [6, 6.07) is 12.1. The predicted molar refractivity (Wildman–Crippen MR) is 103 cm³/mol. The number of carbonyl (C=O) groups is 1. The van der Waals surface area contributed by atoms with Crippen LogP contribution < -0.4 is 5.32 Å². The van der Waals surface area contributed by atoms with Crippen LogP contribution in [-0.2, 0) is 6.42 Å². The van der Waals surface area contributed by atoms with Crippen LogP contribution in [0.3, 0.4) is 0 Å². The molecular weight excluding hydrogens is 377 g/mol. The van der Waals surface area contributed by atoms with Gasteiger partial charge in [-0.15, -0.1) is 11.3 Å². The van der Waals surface area contributed by atoms with E-state index in [-0.39, 0.29) is 34.6 Å². The number of hydrogen-bond acceptors (Lipinski definition) is 5. The Balaban J connectivity index is 1.58. The van der Waals surface area contributed by atoms with Crippen molar-refractivity contribution in [2.24, 2.45) is 0 Å². The number of rotatable bonds is 3. The maximum absolute atomic E-state index is 13.2. The number of carbonyl (C=O) groups excluding carboxylic acids is 1. The third-order valence-electron chi connectivity index (χ3n) is 4.73. The van der Waals surface area contributed by atoms with Gasteiger partial charge in [-0.2, -0.15) is 5.26 Å². The van der Waals surface area contributed by atoms with E-state index in [0.717, 1.165) is 40.4 Å². The molecule has 0 fully saturated rings. The van der Waals surface area contributed by atoms with Crippen LogP contribution in [0.1, 0.15) is 45.4 Å². The van der Waals surface area contributed by atoms with Gasteiger partial charge in [-0.05, 0) is 61.7 Å². The number of thiazole rings is 1. The number of fused-ring (bicyclic) bond motifs is 1. The van der Waals surface area contributed by atoms with Crippen LogP contribution in [0.2, 0.25) is 0 Å². The summed E-state index contributed by atoms with van der Waals surface area (Å²) in [7, 11) is 0. The number of nitrogens with zero attached hydrogens (tertiary/aromatic N) is 2. The normalized spacial score (nSPS) is 15.5. The van der Waals surface area contributed by atoms with Gasteiger partial charge in [0.2, 0.25) is 0 Å². The van der Waals surface area contributed by atoms with Gasteiger partial charge in [0.05, 0.1) is 17.3 Å². The zero-order valence-corrected chi connectivity index (χ0v) is 15.6. The molecular formula is C21H16FN3O2S. The molecule has 0 saturated carbocycles. The fourth-order valence-corrected chi connectivity index (χ4v) is 4.45. The van der Waals surface area contributed by atoms with Crippen molar-refractivity contribution in [2.75, 3.05) is 0 Å². The predicted octanol–water partition coefficient (Wildman–Crippen LogP) is 4.33. The van der Waals surface area contributed by atoms with Gasteiger partial charge >= 0.3 is 0 Å². The van der Waals surface area contributed by atoms with Crippen LogP contribution in [0.4, 0.5) is 4.39 Å². The van der Waals surface area contributed by atoms with E-state index < -0.39 is 0 Å². The second-order valence-electron chi connectivity index (χ2n) is 6.60. The van der Waals surface area contributed by atoms with Crippen molar-refractivity contribution in [3.8, 4) is 22.4 Å². The van der Waals surface area contributed by atoms with Crippen LogP contribution in [-0.4, -0.2) is 16.0 Å². The zero-order valence-electron chi connectivity index (χ0n) is 14.8. The molecule has 140 valence electrons. The number of aromatic nitrogens is 1. The fraction of sp³-hybridized carbons (Fsp3) is 0.190. The lowest BCUT2D eigenvalue weighted by atomic mass is 9.97. The number of hydrogen-bond donors (Lipinski definition) is 2. The molecule has 1 unspecified atom stereocenters. The number of phenols is 1. The van der Waals surface area contributed by atoms with Crippen molar-refractivity contribution in [3.05, 3.63) is 70.0 Å². The first-order valence-corrected chi connectivity index (χ1v) is 9.66. The molecule has 0 saturated heterocycles. The van der Waals surface area contributed by atoms with Gasteiger partial charge in [0.25, 0.3) is 5.91 Å². The molecule has 1 amide bonds. The minimum atomic E-state index is -0.325. The first kappa shape index (κ1) is 18.1. The fourth-order valence-electron chi connectivity index (χ4n) is 3.28. The Bertz CT molecular complexity index is 1090. The SMILES string of the molecule is N#Cc1ccc(C(=O)NC2CCCc3sc(-c4ccc(F)cc4)nc32)cc1O. The van der Waals surface area contributed by atoms with Gasteiger partial charge in [0.1, 0.15) is 22.6 Å². The Morgan fingerprint density at radius 3 is 2.79 bits per heavy atom. The summed E-state index contributed by atoms with van der Waals surface area (Å²) in [5.41, 5.74) is 2.11. The Hall–Kier alpha value is -3.24. The molecule has 5 nitrogen and oxygen atoms in total. The topological polar surface area (TPSA) is 86.0 Å². The summed E-state index contributed by atoms with van der Waals surface area (Å²) >= 11 is 1.57. The summed E-state index contributed by atoms with van der Waals surface area (Å²) in [4.78, 5) is 18.5. The van der Waals surface area contributed by atoms with Gasteiger partial charge in [-0.3, -0.25) is 4.79 Å². The van der Waals surface area contributed by atoms with Crippen molar-refractivity contribution < 1.29 is 14.3 Å². The minimum absolute atomic E-state index is 0.125. The smallest absolute Gasteiger partial charge is 0.251 e. The van der Waals surface area contributed by atoms with E-state index in [2.05, 4.69) is 5.32 Å². The van der Waals surface area contributed by atoms with Crippen LogP contribution in [0, 0.1) is 17.1 Å². The minimum Gasteiger partial charge on any atom is -0.507 e. The summed E-state index contributed by atoms with van der Waals surface area (Å²) in [6.45, 7) is 0. The molecule has 2 N–H and O–H groups in total. The third-order valence-corrected chi connectivity index (χ3v) is 5.91. The van der Waals surface area contributed by atoms with Gasteiger partial charge in [0, 0.05) is 16.0 Å². The highest BCUT2D eigenvalue weighted by Crippen LogP contribution is 2.37. The van der Waals surface area contributed by atoms with Crippen molar-refractivity contribution in [2.45, 2.75) is 25.3 Å². The Kier molecular flexibility index (Phi) is 4.80. The van der Waals surface area contributed by atoms with E-state index in [9.17, 15) is 14.3 Å². The standard InChI is InChI=1S/C21H16FN3O2S/c22-15-8-6-12(7-9-15)21-25-19-16(2-1-3-18(19)28-21)24-20(27)13-4-5-14(11-23)17(26)10-13/h4-10,16,26H,1-3H2,(H,24,27). The lowest BCUT2D eigenvalue weighted by molar-refractivity contribution is 0.0931. The van der Waals surface area contributed by atoms with Crippen molar-refractivity contribution >= 4 is 17.2 Å². The molecule has 1 atom stereocenters. The summed E-state index contributed by atoms with van der Waals surface area (Å²) in [5, 5.41) is 22.5. The largest absolute Gasteiger partial charge is 0.507 e. The number of benzene rings is 2. The number of aromatic hydroxyl groups is 1. The van der Waals surface area contributed by atoms with Gasteiger partial charge < -0.3 is 10.4 Å². The molecule has 1 aliphatic rings. The maximum atomic E-state index is 13.2. The van der Waals surface area contributed by atoms with E-state index in [0.29, 0.717) is 0 Å². The van der Waals surface area contributed by atoms with Crippen LogP contribution >= 0.6 is 11.3 Å². The van der Waals surface area contributed by atoms with Crippen molar-refractivity contribution in [1.29, 1.82) is 5.26 Å². The maximum Gasteiger partial charge on any atom is 0.251 e. The third kappa shape index (κ3) is 3.47. The summed E-state index contributed by atoms with van der Waals surface area (Å²) < 4.78 is 13.2. The molecule has 1 heterocycles. The number of nitriles is 1. The molecule has 2 aromatic carbocycles. The highest BCUT2D eigenvalue weighted by atomic mass is 32.1. The second-order valence-corrected chi connectivity index (χ2v) is 7.68. The quantitative estimate of drug-likeness (QED) is 0.693. The lowest BCUT2D eigenvalue weighted by Gasteiger charge is -2.22. The van der Waals surface area contributed by atoms with E-state index >= 15 is 0 Å². The van der Waals surface area contributed by atoms with E-state index in [1.54, 1.807) is 23.5 Å². The van der Waals surface area contributed by atoms with E-state index in [1.807, 2.05) is 6.07 Å². The first-order valence-electron chi connectivity index (χ1n) is 8.84. The second kappa shape index (κ2) is 7.41. The van der Waals surface area contributed by atoms with Crippen LogP contribution in [0.15, 0.2) is 42.5 Å². The molecule has 0 spiro atoms. The zero-order chi connectivity index (χ0) is 19.7. The number of nitrogens with one attached hydrogen (secondary N) is 1. The van der Waals surface area contributed by atoms with Crippen LogP contribution in [0.5, 0.6) is 5.75 Å². The van der Waals surface area contributed by atoms with Gasteiger partial charge in [-0.25, -0.2) is 9.37 Å². The number of aryl methyl sites for hydroxylation is 1. The molecule has 0 radical (unpaired) electrons. The summed E-state index contributed by atoms with van der Waals surface area (Å²) in [5.74, 6) is -0.832. The Labute approximate surface area is 165 Å². The van der Waals surface area contributed by atoms with E-state index in [4.69, 9.17) is 10.2 Å². The highest BCUT2D eigenvalue weighted by Gasteiger charge is 2.27. The average molecular weight is 393 g/mol. The highest BCUT2D eigenvalue weighted by molar-refractivity contribution is 7.15. The van der Waals surface area contributed by atoms with Gasteiger partial charge in [0.15, 0.2) is 0 Å². The molecule has 0 aliphatic heterocycles. The van der Waals surface area contributed by atoms with Gasteiger partial charge in [-0.1, -0.05) is 0 Å². The lowest BCUT2D eigenvalue weighted by Crippen LogP contribution is -2.31. The Morgan fingerprint density at radius 2 is 2.07 bits per heavy atom. The molecule has 1 aliphatic carbocycles. The van der Waals surface area contributed by atoms with Crippen LogP contribution in [0.25, 0.3) is 10.6 Å². The average Bonchev–Trinajstić information content (AvgIpc) is 3.13. The molecule has 4 rings (SSSR count). The van der Waals surface area contributed by atoms with E-state index in [1.165, 1.54) is 30.3 Å².